The van der Waals surface area contributed by atoms with Gasteiger partial charge in [0.25, 0.3) is 0 Å². The highest BCUT2D eigenvalue weighted by molar-refractivity contribution is 6.51. The lowest BCUT2D eigenvalue weighted by Gasteiger charge is -1.99. The predicted molar refractivity (Wildman–Crippen MR) is 71.8 cm³/mol. The monoisotopic (exact) mass is 256 g/mol. The van der Waals surface area contributed by atoms with Gasteiger partial charge in [-0.25, -0.2) is 15.0 Å². The molecule has 2 heterocycles. The first kappa shape index (κ1) is 10.9. The largest absolute Gasteiger partial charge is 0.341 e. The highest BCUT2D eigenvalue weighted by atomic mass is 35.5. The molecule has 0 aliphatic heterocycles. The van der Waals surface area contributed by atoms with Crippen LogP contribution in [-0.4, -0.2) is 19.9 Å². The number of nitrogens with zero attached hydrogens (tertiary/aromatic N) is 3. The van der Waals surface area contributed by atoms with Crippen molar-refractivity contribution in [3.63, 3.8) is 0 Å². The molecule has 0 fully saturated rings. The van der Waals surface area contributed by atoms with Crippen LogP contribution in [0, 0.1) is 0 Å². The van der Waals surface area contributed by atoms with E-state index >= 15 is 0 Å². The van der Waals surface area contributed by atoms with Crippen molar-refractivity contribution in [2.45, 2.75) is 0 Å². The van der Waals surface area contributed by atoms with Gasteiger partial charge in [0.15, 0.2) is 5.65 Å². The molecular formula is C13H9ClN4. The SMILES string of the molecule is Cl/C(=C/c1ncnc2nc[nH]c12)c1ccccc1. The summed E-state index contributed by atoms with van der Waals surface area (Å²) >= 11 is 6.27. The van der Waals surface area contributed by atoms with Gasteiger partial charge in [-0.15, -0.1) is 0 Å². The van der Waals surface area contributed by atoms with E-state index in [0.29, 0.717) is 10.7 Å². The van der Waals surface area contributed by atoms with Crippen molar-refractivity contribution in [3.05, 3.63) is 54.2 Å². The number of hydrogen-bond donors (Lipinski definition) is 1. The average molecular weight is 257 g/mol. The molecule has 3 rings (SSSR count). The molecule has 0 spiro atoms. The minimum Gasteiger partial charge on any atom is -0.341 e. The summed E-state index contributed by atoms with van der Waals surface area (Å²) in [6.45, 7) is 0. The van der Waals surface area contributed by atoms with Gasteiger partial charge in [-0.1, -0.05) is 41.9 Å². The van der Waals surface area contributed by atoms with E-state index in [1.807, 2.05) is 30.3 Å². The third-order valence-corrected chi connectivity index (χ3v) is 2.89. The van der Waals surface area contributed by atoms with Gasteiger partial charge in [-0.05, 0) is 11.6 Å². The van der Waals surface area contributed by atoms with Gasteiger partial charge in [0.2, 0.25) is 0 Å². The molecule has 0 radical (unpaired) electrons. The van der Waals surface area contributed by atoms with Gasteiger partial charge in [-0.2, -0.15) is 0 Å². The lowest BCUT2D eigenvalue weighted by Crippen LogP contribution is -1.87. The smallest absolute Gasteiger partial charge is 0.181 e. The summed E-state index contributed by atoms with van der Waals surface area (Å²) in [6.07, 6.45) is 4.87. The summed E-state index contributed by atoms with van der Waals surface area (Å²) in [4.78, 5) is 15.3. The number of rotatable bonds is 2. The summed E-state index contributed by atoms with van der Waals surface area (Å²) in [6, 6.07) is 9.73. The fraction of sp³-hybridized carbons (Fsp3) is 0. The zero-order chi connectivity index (χ0) is 12.4. The molecule has 0 saturated heterocycles. The van der Waals surface area contributed by atoms with E-state index in [-0.39, 0.29) is 0 Å². The van der Waals surface area contributed by atoms with Crippen molar-refractivity contribution in [1.82, 2.24) is 19.9 Å². The number of nitrogens with one attached hydrogen (secondary N) is 1. The highest BCUT2D eigenvalue weighted by Crippen LogP contribution is 2.22. The van der Waals surface area contributed by atoms with Crippen molar-refractivity contribution in [2.24, 2.45) is 0 Å². The Hall–Kier alpha value is -2.20. The molecular weight excluding hydrogens is 248 g/mol. The Morgan fingerprint density at radius 3 is 2.78 bits per heavy atom. The summed E-state index contributed by atoms with van der Waals surface area (Å²) in [5.41, 5.74) is 3.09. The van der Waals surface area contributed by atoms with Gasteiger partial charge in [0.1, 0.15) is 11.8 Å². The molecule has 18 heavy (non-hydrogen) atoms. The molecule has 1 aromatic carbocycles. The lowest BCUT2D eigenvalue weighted by atomic mass is 10.2. The zero-order valence-corrected chi connectivity index (χ0v) is 10.1. The molecule has 2 aromatic heterocycles. The maximum Gasteiger partial charge on any atom is 0.181 e. The third-order valence-electron chi connectivity index (χ3n) is 2.57. The molecule has 0 amide bonds. The first-order valence-corrected chi connectivity index (χ1v) is 5.79. The number of fused-ring (bicyclic) bond motifs is 1. The summed E-state index contributed by atoms with van der Waals surface area (Å²) in [7, 11) is 0. The molecule has 0 atom stereocenters. The van der Waals surface area contributed by atoms with E-state index in [4.69, 9.17) is 11.6 Å². The summed E-state index contributed by atoms with van der Waals surface area (Å²) in [5.74, 6) is 0. The first-order chi connectivity index (χ1) is 8.84. The fourth-order valence-electron chi connectivity index (χ4n) is 1.69. The van der Waals surface area contributed by atoms with Crippen LogP contribution in [0.1, 0.15) is 11.3 Å². The van der Waals surface area contributed by atoms with Gasteiger partial charge >= 0.3 is 0 Å². The molecule has 0 saturated carbocycles. The van der Waals surface area contributed by atoms with Crippen molar-refractivity contribution in [2.75, 3.05) is 0 Å². The second-order valence-electron chi connectivity index (χ2n) is 3.72. The molecule has 0 unspecified atom stereocenters. The van der Waals surface area contributed by atoms with Crippen molar-refractivity contribution in [3.8, 4) is 0 Å². The Labute approximate surface area is 108 Å². The summed E-state index contributed by atoms with van der Waals surface area (Å²) in [5, 5.41) is 0.630. The maximum absolute atomic E-state index is 6.27. The normalized spacial score (nSPS) is 11.9. The molecule has 0 aliphatic rings. The van der Waals surface area contributed by atoms with E-state index in [1.54, 1.807) is 12.4 Å². The van der Waals surface area contributed by atoms with Crippen LogP contribution in [0.4, 0.5) is 0 Å². The quantitative estimate of drug-likeness (QED) is 0.767. The Morgan fingerprint density at radius 1 is 1.11 bits per heavy atom. The van der Waals surface area contributed by atoms with Crippen molar-refractivity contribution in [1.29, 1.82) is 0 Å². The number of H-pyrrole nitrogens is 1. The van der Waals surface area contributed by atoms with E-state index in [2.05, 4.69) is 19.9 Å². The average Bonchev–Trinajstić information content (AvgIpc) is 2.89. The molecule has 4 nitrogen and oxygen atoms in total. The molecule has 0 bridgehead atoms. The minimum absolute atomic E-state index is 0.630. The van der Waals surface area contributed by atoms with Crippen LogP contribution in [-0.2, 0) is 0 Å². The van der Waals surface area contributed by atoms with Crippen LogP contribution in [0.2, 0.25) is 0 Å². The van der Waals surface area contributed by atoms with Crippen LogP contribution in [0.15, 0.2) is 43.0 Å². The van der Waals surface area contributed by atoms with Crippen LogP contribution in [0.25, 0.3) is 22.3 Å². The second-order valence-corrected chi connectivity index (χ2v) is 4.13. The molecule has 1 N–H and O–H groups in total. The van der Waals surface area contributed by atoms with E-state index in [0.717, 1.165) is 16.8 Å². The van der Waals surface area contributed by atoms with Crippen LogP contribution >= 0.6 is 11.6 Å². The number of aromatic nitrogens is 4. The number of imidazole rings is 1. The Balaban J connectivity index is 2.08. The van der Waals surface area contributed by atoms with Gasteiger partial charge in [0.05, 0.1) is 17.1 Å². The van der Waals surface area contributed by atoms with Gasteiger partial charge in [-0.3, -0.25) is 0 Å². The standard InChI is InChI=1S/C13H9ClN4/c14-10(9-4-2-1-3-5-9)6-11-12-13(17-7-15-11)18-8-16-12/h1-8H,(H,15,16,17,18)/b10-6+. The number of aromatic amines is 1. The zero-order valence-electron chi connectivity index (χ0n) is 9.34. The van der Waals surface area contributed by atoms with Crippen LogP contribution < -0.4 is 0 Å². The highest BCUT2D eigenvalue weighted by Gasteiger charge is 2.05. The Morgan fingerprint density at radius 2 is 1.94 bits per heavy atom. The fourth-order valence-corrected chi connectivity index (χ4v) is 1.92. The third kappa shape index (κ3) is 1.98. The van der Waals surface area contributed by atoms with E-state index in [9.17, 15) is 0 Å². The van der Waals surface area contributed by atoms with E-state index in [1.165, 1.54) is 6.33 Å². The van der Waals surface area contributed by atoms with Crippen molar-refractivity contribution < 1.29 is 0 Å². The Bertz CT molecular complexity index is 703. The minimum atomic E-state index is 0.630. The molecule has 88 valence electrons. The van der Waals surface area contributed by atoms with Crippen molar-refractivity contribution >= 4 is 33.9 Å². The molecule has 3 aromatic rings. The first-order valence-electron chi connectivity index (χ1n) is 5.41. The van der Waals surface area contributed by atoms with Crippen LogP contribution in [0.5, 0.6) is 0 Å². The Kier molecular flexibility index (Phi) is 2.78. The van der Waals surface area contributed by atoms with Gasteiger partial charge < -0.3 is 4.98 Å². The maximum atomic E-state index is 6.27. The molecule has 5 heteroatoms. The second kappa shape index (κ2) is 4.58. The van der Waals surface area contributed by atoms with Crippen LogP contribution in [0.3, 0.4) is 0 Å². The van der Waals surface area contributed by atoms with Gasteiger partial charge in [0, 0.05) is 0 Å². The lowest BCUT2D eigenvalue weighted by molar-refractivity contribution is 1.18. The molecule has 0 aliphatic carbocycles. The predicted octanol–water partition coefficient (Wildman–Crippen LogP) is 3.09. The number of benzene rings is 1. The van der Waals surface area contributed by atoms with E-state index < -0.39 is 0 Å². The number of halogens is 1. The summed E-state index contributed by atoms with van der Waals surface area (Å²) < 4.78 is 0. The number of hydrogen-bond acceptors (Lipinski definition) is 3. The topological polar surface area (TPSA) is 54.5 Å².